The molecule has 2 heteroatoms. The number of hydrogen-bond donors (Lipinski definition) is 1. The number of ether oxygens (including phenoxy) is 1. The van der Waals surface area contributed by atoms with Crippen LogP contribution in [0.1, 0.15) is 31.7 Å². The molecule has 86 valence electrons. The lowest BCUT2D eigenvalue weighted by atomic mass is 9.99. The molecule has 0 spiro atoms. The zero-order chi connectivity index (χ0) is 11.2. The monoisotopic (exact) mass is 218 g/mol. The van der Waals surface area contributed by atoms with Gasteiger partial charge in [-0.05, 0) is 49.3 Å². The van der Waals surface area contributed by atoms with E-state index >= 15 is 0 Å². The Morgan fingerprint density at radius 2 is 1.88 bits per heavy atom. The van der Waals surface area contributed by atoms with Gasteiger partial charge in [-0.2, -0.15) is 0 Å². The Balaban J connectivity index is 1.80. The Hall–Kier alpha value is -1.02. The van der Waals surface area contributed by atoms with Crippen LogP contribution in [0.25, 0.3) is 0 Å². The summed E-state index contributed by atoms with van der Waals surface area (Å²) in [5, 5.41) is 10.6. The SMILES string of the molecule is CCOc1ccc(C2(O)C3CCCC32)cc1. The minimum atomic E-state index is -0.511. The third kappa shape index (κ3) is 1.29. The summed E-state index contributed by atoms with van der Waals surface area (Å²) >= 11 is 0. The first-order valence-electron chi connectivity index (χ1n) is 6.22. The summed E-state index contributed by atoms with van der Waals surface area (Å²) in [7, 11) is 0. The molecular formula is C14H18O2. The molecule has 2 nitrogen and oxygen atoms in total. The molecule has 1 aromatic carbocycles. The molecule has 2 fully saturated rings. The summed E-state index contributed by atoms with van der Waals surface area (Å²) < 4.78 is 5.41. The zero-order valence-electron chi connectivity index (χ0n) is 9.65. The molecule has 2 saturated carbocycles. The normalized spacial score (nSPS) is 35.9. The topological polar surface area (TPSA) is 29.5 Å². The lowest BCUT2D eigenvalue weighted by Crippen LogP contribution is -2.12. The predicted octanol–water partition coefficient (Wildman–Crippen LogP) is 2.70. The maximum atomic E-state index is 10.6. The van der Waals surface area contributed by atoms with E-state index in [2.05, 4.69) is 0 Å². The van der Waals surface area contributed by atoms with Crippen molar-refractivity contribution in [3.8, 4) is 5.75 Å². The fraction of sp³-hybridized carbons (Fsp3) is 0.571. The van der Waals surface area contributed by atoms with E-state index in [0.29, 0.717) is 18.4 Å². The Bertz CT molecular complexity index is 372. The Kier molecular flexibility index (Phi) is 2.21. The first kappa shape index (κ1) is 10.2. The third-order valence-electron chi connectivity index (χ3n) is 4.17. The van der Waals surface area contributed by atoms with Crippen LogP contribution in [0.3, 0.4) is 0 Å². The van der Waals surface area contributed by atoms with Crippen molar-refractivity contribution >= 4 is 0 Å². The van der Waals surface area contributed by atoms with Gasteiger partial charge in [0.25, 0.3) is 0 Å². The van der Waals surface area contributed by atoms with Crippen molar-refractivity contribution in [2.45, 2.75) is 31.8 Å². The van der Waals surface area contributed by atoms with Gasteiger partial charge < -0.3 is 9.84 Å². The largest absolute Gasteiger partial charge is 0.494 e. The summed E-state index contributed by atoms with van der Waals surface area (Å²) in [5.41, 5.74) is 0.564. The van der Waals surface area contributed by atoms with E-state index in [1.54, 1.807) is 0 Å². The van der Waals surface area contributed by atoms with Gasteiger partial charge in [-0.25, -0.2) is 0 Å². The van der Waals surface area contributed by atoms with Crippen LogP contribution >= 0.6 is 0 Å². The van der Waals surface area contributed by atoms with Gasteiger partial charge in [-0.3, -0.25) is 0 Å². The molecule has 0 amide bonds. The maximum absolute atomic E-state index is 10.6. The molecule has 0 aromatic heterocycles. The van der Waals surface area contributed by atoms with Gasteiger partial charge in [0.05, 0.1) is 12.2 Å². The average Bonchev–Trinajstić information content (AvgIpc) is 2.68. The number of benzene rings is 1. The zero-order valence-corrected chi connectivity index (χ0v) is 9.65. The van der Waals surface area contributed by atoms with Crippen LogP contribution in [0, 0.1) is 11.8 Å². The first-order chi connectivity index (χ1) is 7.76. The van der Waals surface area contributed by atoms with E-state index in [9.17, 15) is 5.11 Å². The van der Waals surface area contributed by atoms with Gasteiger partial charge in [0.1, 0.15) is 5.75 Å². The van der Waals surface area contributed by atoms with Gasteiger partial charge in [0, 0.05) is 0 Å². The van der Waals surface area contributed by atoms with Crippen LogP contribution in [0.4, 0.5) is 0 Å². The number of aliphatic hydroxyl groups is 1. The van der Waals surface area contributed by atoms with Crippen LogP contribution in [-0.4, -0.2) is 11.7 Å². The average molecular weight is 218 g/mol. The summed E-state index contributed by atoms with van der Waals surface area (Å²) in [6.45, 7) is 2.67. The van der Waals surface area contributed by atoms with E-state index in [1.807, 2.05) is 31.2 Å². The molecule has 0 heterocycles. The smallest absolute Gasteiger partial charge is 0.119 e. The standard InChI is InChI=1S/C14H18O2/c1-2-16-11-8-6-10(7-9-11)14(15)12-4-3-5-13(12)14/h6-9,12-13,15H,2-5H2,1H3. The number of fused-ring (bicyclic) bond motifs is 1. The molecule has 2 aliphatic rings. The van der Waals surface area contributed by atoms with E-state index in [4.69, 9.17) is 4.74 Å². The summed E-state index contributed by atoms with van der Waals surface area (Å²) in [6, 6.07) is 7.96. The van der Waals surface area contributed by atoms with Crippen molar-refractivity contribution in [2.24, 2.45) is 11.8 Å². The highest BCUT2D eigenvalue weighted by molar-refractivity contribution is 5.37. The Morgan fingerprint density at radius 1 is 1.25 bits per heavy atom. The van der Waals surface area contributed by atoms with Crippen LogP contribution in [0.2, 0.25) is 0 Å². The first-order valence-corrected chi connectivity index (χ1v) is 6.22. The Labute approximate surface area is 96.2 Å². The molecule has 1 N–H and O–H groups in total. The highest BCUT2D eigenvalue weighted by Gasteiger charge is 2.66. The van der Waals surface area contributed by atoms with Crippen molar-refractivity contribution in [1.82, 2.24) is 0 Å². The lowest BCUT2D eigenvalue weighted by Gasteiger charge is -2.15. The van der Waals surface area contributed by atoms with E-state index in [0.717, 1.165) is 11.3 Å². The van der Waals surface area contributed by atoms with E-state index in [-0.39, 0.29) is 0 Å². The predicted molar refractivity (Wildman–Crippen MR) is 62.3 cm³/mol. The van der Waals surface area contributed by atoms with Crippen molar-refractivity contribution in [3.05, 3.63) is 29.8 Å². The molecular weight excluding hydrogens is 200 g/mol. The fourth-order valence-electron chi connectivity index (χ4n) is 3.33. The molecule has 2 aliphatic carbocycles. The van der Waals surface area contributed by atoms with Gasteiger partial charge in [-0.15, -0.1) is 0 Å². The second-order valence-corrected chi connectivity index (χ2v) is 4.93. The second kappa shape index (κ2) is 3.49. The van der Waals surface area contributed by atoms with Crippen LogP contribution in [0.15, 0.2) is 24.3 Å². The quantitative estimate of drug-likeness (QED) is 0.845. The highest BCUT2D eigenvalue weighted by atomic mass is 16.5. The van der Waals surface area contributed by atoms with Gasteiger partial charge in [-0.1, -0.05) is 18.6 Å². The molecule has 1 aromatic rings. The van der Waals surface area contributed by atoms with Crippen molar-refractivity contribution in [2.75, 3.05) is 6.61 Å². The molecule has 3 rings (SSSR count). The molecule has 0 radical (unpaired) electrons. The van der Waals surface area contributed by atoms with E-state index in [1.165, 1.54) is 19.3 Å². The molecule has 2 atom stereocenters. The van der Waals surface area contributed by atoms with Crippen LogP contribution in [0.5, 0.6) is 5.75 Å². The molecule has 2 unspecified atom stereocenters. The molecule has 0 aliphatic heterocycles. The van der Waals surface area contributed by atoms with Crippen molar-refractivity contribution in [3.63, 3.8) is 0 Å². The number of rotatable bonds is 3. The highest BCUT2D eigenvalue weighted by Crippen LogP contribution is 2.66. The molecule has 0 saturated heterocycles. The van der Waals surface area contributed by atoms with Crippen molar-refractivity contribution < 1.29 is 9.84 Å². The summed E-state index contributed by atoms with van der Waals surface area (Å²) in [5.74, 6) is 1.93. The summed E-state index contributed by atoms with van der Waals surface area (Å²) in [6.07, 6.45) is 3.66. The molecule has 16 heavy (non-hydrogen) atoms. The molecule has 0 bridgehead atoms. The fourth-order valence-corrected chi connectivity index (χ4v) is 3.33. The third-order valence-corrected chi connectivity index (χ3v) is 4.17. The summed E-state index contributed by atoms with van der Waals surface area (Å²) in [4.78, 5) is 0. The van der Waals surface area contributed by atoms with E-state index < -0.39 is 5.60 Å². The lowest BCUT2D eigenvalue weighted by molar-refractivity contribution is 0.105. The van der Waals surface area contributed by atoms with Crippen LogP contribution < -0.4 is 4.74 Å². The minimum absolute atomic E-state index is 0.511. The maximum Gasteiger partial charge on any atom is 0.119 e. The van der Waals surface area contributed by atoms with Crippen LogP contribution in [-0.2, 0) is 5.60 Å². The van der Waals surface area contributed by atoms with Crippen molar-refractivity contribution in [1.29, 1.82) is 0 Å². The number of hydrogen-bond acceptors (Lipinski definition) is 2. The van der Waals surface area contributed by atoms with Gasteiger partial charge in [0.15, 0.2) is 0 Å². The second-order valence-electron chi connectivity index (χ2n) is 4.93. The van der Waals surface area contributed by atoms with Gasteiger partial charge in [0.2, 0.25) is 0 Å². The minimum Gasteiger partial charge on any atom is -0.494 e. The van der Waals surface area contributed by atoms with Gasteiger partial charge >= 0.3 is 0 Å². The Morgan fingerprint density at radius 3 is 2.44 bits per heavy atom.